The topological polar surface area (TPSA) is 46.1 Å². The van der Waals surface area contributed by atoms with Crippen LogP contribution in [0.4, 0.5) is 5.13 Å². The van der Waals surface area contributed by atoms with Gasteiger partial charge in [0.05, 0.1) is 5.75 Å². The van der Waals surface area contributed by atoms with E-state index in [1.807, 2.05) is 43.3 Å². The van der Waals surface area contributed by atoms with Crippen molar-refractivity contribution in [2.24, 2.45) is 0 Å². The molecule has 1 aromatic heterocycles. The Balaban J connectivity index is 1.94. The van der Waals surface area contributed by atoms with E-state index in [0.29, 0.717) is 11.7 Å². The van der Waals surface area contributed by atoms with Crippen molar-refractivity contribution in [2.45, 2.75) is 24.1 Å². The van der Waals surface area contributed by atoms with Crippen LogP contribution >= 0.6 is 23.1 Å². The van der Waals surface area contributed by atoms with Gasteiger partial charge in [-0.3, -0.25) is 4.79 Å². The number of thioether (sulfide) groups is 1. The Kier molecular flexibility index (Phi) is 5.36. The van der Waals surface area contributed by atoms with E-state index in [4.69, 9.17) is 0 Å². The number of benzene rings is 1. The first-order valence-electron chi connectivity index (χ1n) is 6.74. The molecule has 0 unspecified atom stereocenters. The van der Waals surface area contributed by atoms with Gasteiger partial charge in [0.15, 0.2) is 10.1 Å². The highest BCUT2D eigenvalue weighted by Gasteiger charge is 2.11. The van der Waals surface area contributed by atoms with Crippen molar-refractivity contribution in [3.63, 3.8) is 0 Å². The second-order valence-corrected chi connectivity index (χ2v) is 7.41. The summed E-state index contributed by atoms with van der Waals surface area (Å²) < 4.78 is 0.825. The van der Waals surface area contributed by atoms with Gasteiger partial charge >= 0.3 is 0 Å². The molecule has 2 rings (SSSR count). The summed E-state index contributed by atoms with van der Waals surface area (Å²) in [6.45, 7) is 4.29. The lowest BCUT2D eigenvalue weighted by Gasteiger charge is -2.06. The van der Waals surface area contributed by atoms with Crippen LogP contribution in [0.2, 0.25) is 0 Å². The van der Waals surface area contributed by atoms with Crippen molar-refractivity contribution in [3.8, 4) is 0 Å². The van der Waals surface area contributed by atoms with Crippen LogP contribution in [0, 0.1) is 0 Å². The van der Waals surface area contributed by atoms with E-state index in [-0.39, 0.29) is 5.78 Å². The molecular formula is C15H19N3OS2. The summed E-state index contributed by atoms with van der Waals surface area (Å²) in [4.78, 5) is 14.1. The molecule has 6 heteroatoms. The van der Waals surface area contributed by atoms with Crippen LogP contribution in [-0.2, 0) is 0 Å². The lowest BCUT2D eigenvalue weighted by atomic mass is 10.0. The number of carbonyl (C=O) groups excluding carboxylic acids is 1. The van der Waals surface area contributed by atoms with Crippen LogP contribution in [-0.4, -0.2) is 35.8 Å². The number of nitrogens with zero attached hydrogens (tertiary/aromatic N) is 3. The lowest BCUT2D eigenvalue weighted by Crippen LogP contribution is -2.07. The van der Waals surface area contributed by atoms with E-state index < -0.39 is 0 Å². The molecule has 0 atom stereocenters. The van der Waals surface area contributed by atoms with Crippen LogP contribution in [0.5, 0.6) is 0 Å². The number of ketones is 1. The summed E-state index contributed by atoms with van der Waals surface area (Å²) >= 11 is 2.94. The molecule has 21 heavy (non-hydrogen) atoms. The summed E-state index contributed by atoms with van der Waals surface area (Å²) in [5.74, 6) is 0.995. The number of carbonyl (C=O) groups is 1. The Morgan fingerprint density at radius 2 is 1.90 bits per heavy atom. The molecule has 0 bridgehead atoms. The highest BCUT2D eigenvalue weighted by Crippen LogP contribution is 2.27. The van der Waals surface area contributed by atoms with Crippen molar-refractivity contribution < 1.29 is 4.79 Å². The Labute approximate surface area is 133 Å². The van der Waals surface area contributed by atoms with Gasteiger partial charge < -0.3 is 4.90 Å². The monoisotopic (exact) mass is 321 g/mol. The van der Waals surface area contributed by atoms with E-state index in [0.717, 1.165) is 15.0 Å². The number of rotatable bonds is 6. The number of aromatic nitrogens is 2. The second kappa shape index (κ2) is 7.04. The molecule has 0 saturated heterocycles. The van der Waals surface area contributed by atoms with Crippen LogP contribution in [0.1, 0.15) is 35.7 Å². The number of hydrogen-bond acceptors (Lipinski definition) is 6. The minimum atomic E-state index is 0.122. The molecule has 1 aromatic carbocycles. The van der Waals surface area contributed by atoms with Gasteiger partial charge in [0, 0.05) is 19.7 Å². The predicted octanol–water partition coefficient (Wildman–Crippen LogP) is 3.70. The third-order valence-corrected chi connectivity index (χ3v) is 5.23. The van der Waals surface area contributed by atoms with E-state index >= 15 is 0 Å². The largest absolute Gasteiger partial charge is 0.353 e. The van der Waals surface area contributed by atoms with E-state index in [2.05, 4.69) is 24.0 Å². The quantitative estimate of drug-likeness (QED) is 0.599. The maximum atomic E-state index is 12.2. The minimum absolute atomic E-state index is 0.122. The maximum Gasteiger partial charge on any atom is 0.208 e. The molecule has 0 radical (unpaired) electrons. The summed E-state index contributed by atoms with van der Waals surface area (Å²) in [5, 5.41) is 8.99. The van der Waals surface area contributed by atoms with Crippen molar-refractivity contribution in [2.75, 3.05) is 24.7 Å². The highest BCUT2D eigenvalue weighted by molar-refractivity contribution is 8.01. The minimum Gasteiger partial charge on any atom is -0.353 e. The smallest absolute Gasteiger partial charge is 0.208 e. The fourth-order valence-corrected chi connectivity index (χ4v) is 3.36. The third-order valence-electron chi connectivity index (χ3n) is 3.00. The molecule has 0 aliphatic heterocycles. The molecule has 2 aromatic rings. The summed E-state index contributed by atoms with van der Waals surface area (Å²) in [7, 11) is 3.85. The van der Waals surface area contributed by atoms with Gasteiger partial charge in [0.1, 0.15) is 0 Å². The number of hydrogen-bond donors (Lipinski definition) is 0. The van der Waals surface area contributed by atoms with Crippen molar-refractivity contribution in [1.29, 1.82) is 0 Å². The first-order valence-corrected chi connectivity index (χ1v) is 8.54. The standard InChI is InChI=1S/C15H19N3OS2/c1-10(2)11-5-7-12(8-6-11)13(19)9-20-15-17-16-14(21-15)18(3)4/h5-8,10H,9H2,1-4H3. The Hall–Kier alpha value is -1.40. The van der Waals surface area contributed by atoms with Gasteiger partial charge in [0.25, 0.3) is 0 Å². The zero-order valence-corrected chi connectivity index (χ0v) is 14.3. The SMILES string of the molecule is CC(C)c1ccc(C(=O)CSc2nnc(N(C)C)s2)cc1. The summed E-state index contributed by atoms with van der Waals surface area (Å²) in [6, 6.07) is 7.86. The fourth-order valence-electron chi connectivity index (χ4n) is 1.71. The first kappa shape index (κ1) is 16.0. The van der Waals surface area contributed by atoms with E-state index in [9.17, 15) is 4.79 Å². The zero-order chi connectivity index (χ0) is 15.4. The second-order valence-electron chi connectivity index (χ2n) is 5.23. The van der Waals surface area contributed by atoms with Crippen molar-refractivity contribution in [3.05, 3.63) is 35.4 Å². The lowest BCUT2D eigenvalue weighted by molar-refractivity contribution is 0.102. The number of Topliss-reactive ketones (excluding diaryl/α,β-unsaturated/α-hetero) is 1. The summed E-state index contributed by atoms with van der Waals surface area (Å²) in [6.07, 6.45) is 0. The van der Waals surface area contributed by atoms with Crippen molar-refractivity contribution >= 4 is 34.0 Å². The average molecular weight is 321 g/mol. The highest BCUT2D eigenvalue weighted by atomic mass is 32.2. The Bertz CT molecular complexity index is 606. The van der Waals surface area contributed by atoms with Gasteiger partial charge in [-0.2, -0.15) is 0 Å². The Morgan fingerprint density at radius 3 is 2.43 bits per heavy atom. The van der Waals surface area contributed by atoms with Gasteiger partial charge in [-0.1, -0.05) is 61.2 Å². The first-order chi connectivity index (χ1) is 9.97. The molecule has 0 aliphatic rings. The average Bonchev–Trinajstić information content (AvgIpc) is 2.94. The third kappa shape index (κ3) is 4.28. The summed E-state index contributed by atoms with van der Waals surface area (Å²) in [5.41, 5.74) is 2.00. The Morgan fingerprint density at radius 1 is 1.24 bits per heavy atom. The van der Waals surface area contributed by atoms with E-state index in [1.165, 1.54) is 28.7 Å². The molecule has 0 fully saturated rings. The molecule has 0 saturated carbocycles. The molecular weight excluding hydrogens is 302 g/mol. The molecule has 0 aliphatic carbocycles. The molecule has 4 nitrogen and oxygen atoms in total. The maximum absolute atomic E-state index is 12.2. The van der Waals surface area contributed by atoms with Gasteiger partial charge in [-0.15, -0.1) is 10.2 Å². The van der Waals surface area contributed by atoms with Crippen molar-refractivity contribution in [1.82, 2.24) is 10.2 Å². The van der Waals surface area contributed by atoms with Crippen LogP contribution in [0.15, 0.2) is 28.6 Å². The number of anilines is 1. The van der Waals surface area contributed by atoms with Crippen LogP contribution in [0.25, 0.3) is 0 Å². The normalized spacial score (nSPS) is 10.9. The molecule has 0 N–H and O–H groups in total. The van der Waals surface area contributed by atoms with Crippen LogP contribution in [0.3, 0.4) is 0 Å². The van der Waals surface area contributed by atoms with E-state index in [1.54, 1.807) is 0 Å². The predicted molar refractivity (Wildman–Crippen MR) is 89.8 cm³/mol. The van der Waals surface area contributed by atoms with Crippen LogP contribution < -0.4 is 4.90 Å². The molecule has 112 valence electrons. The van der Waals surface area contributed by atoms with Gasteiger partial charge in [-0.05, 0) is 11.5 Å². The fraction of sp³-hybridized carbons (Fsp3) is 0.400. The molecule has 1 heterocycles. The molecule has 0 spiro atoms. The zero-order valence-electron chi connectivity index (χ0n) is 12.7. The van der Waals surface area contributed by atoms with Gasteiger partial charge in [-0.25, -0.2) is 0 Å². The van der Waals surface area contributed by atoms with Gasteiger partial charge in [0.2, 0.25) is 5.13 Å². The molecule has 0 amide bonds.